The first-order chi connectivity index (χ1) is 13.6. The van der Waals surface area contributed by atoms with Crippen LogP contribution in [0.2, 0.25) is 0 Å². The van der Waals surface area contributed by atoms with Gasteiger partial charge in [0.05, 0.1) is 11.6 Å². The smallest absolute Gasteiger partial charge is 0.331 e. The van der Waals surface area contributed by atoms with E-state index < -0.39 is 22.8 Å². The van der Waals surface area contributed by atoms with Gasteiger partial charge in [-0.3, -0.25) is 4.79 Å². The number of carbonyl (C=O) groups is 2. The molecule has 1 aliphatic carbocycles. The summed E-state index contributed by atoms with van der Waals surface area (Å²) in [6.07, 6.45) is 0.928. The van der Waals surface area contributed by atoms with E-state index in [4.69, 9.17) is 14.3 Å². The maximum absolute atomic E-state index is 13.4. The van der Waals surface area contributed by atoms with Gasteiger partial charge in [-0.15, -0.1) is 0 Å². The Hall–Kier alpha value is -2.69. The van der Waals surface area contributed by atoms with Crippen molar-refractivity contribution in [3.05, 3.63) is 40.1 Å². The second-order valence-corrected chi connectivity index (χ2v) is 8.26. The third-order valence-electron chi connectivity index (χ3n) is 5.46. The van der Waals surface area contributed by atoms with E-state index in [0.29, 0.717) is 18.4 Å². The molecule has 0 radical (unpaired) electrons. The molecule has 0 atom stereocenters. The Bertz CT molecular complexity index is 927. The number of ether oxygens (including phenoxy) is 2. The Kier molecular flexibility index (Phi) is 5.28. The fraction of sp³-hybridized carbons (Fsp3) is 0.500. The second kappa shape index (κ2) is 7.29. The molecule has 7 nitrogen and oxygen atoms in total. The topological polar surface area (TPSA) is 88.9 Å². The van der Waals surface area contributed by atoms with Gasteiger partial charge < -0.3 is 9.47 Å². The number of hydrogen-bond acceptors (Lipinski definition) is 6. The predicted molar refractivity (Wildman–Crippen MR) is 105 cm³/mol. The fourth-order valence-corrected chi connectivity index (χ4v) is 3.82. The van der Waals surface area contributed by atoms with Crippen molar-refractivity contribution < 1.29 is 23.9 Å². The van der Waals surface area contributed by atoms with Gasteiger partial charge in [0.2, 0.25) is 0 Å². The summed E-state index contributed by atoms with van der Waals surface area (Å²) < 4.78 is 10.7. The number of hydroxylamine groups is 2. The van der Waals surface area contributed by atoms with Crippen LogP contribution in [-0.4, -0.2) is 36.4 Å². The minimum atomic E-state index is -1.12. The third kappa shape index (κ3) is 3.43. The Labute approximate surface area is 170 Å². The normalized spacial score (nSPS) is 19.3. The number of rotatable bonds is 6. The number of benzene rings is 1. The van der Waals surface area contributed by atoms with Crippen molar-refractivity contribution in [1.82, 2.24) is 5.06 Å². The summed E-state index contributed by atoms with van der Waals surface area (Å²) in [5, 5.41) is 10.5. The van der Waals surface area contributed by atoms with Crippen LogP contribution in [0.5, 0.6) is 0 Å². The molecular formula is C22H26N2O5. The predicted octanol–water partition coefficient (Wildman–Crippen LogP) is 3.33. The number of amides is 1. The summed E-state index contributed by atoms with van der Waals surface area (Å²) in [7, 11) is 1.46. The highest BCUT2D eigenvalue weighted by Gasteiger charge is 2.56. The molecule has 2 aliphatic rings. The first-order valence-corrected chi connectivity index (χ1v) is 9.52. The fourth-order valence-electron chi connectivity index (χ4n) is 3.82. The number of hydrogen-bond donors (Lipinski definition) is 0. The van der Waals surface area contributed by atoms with Gasteiger partial charge in [-0.25, -0.2) is 14.7 Å². The molecule has 1 aromatic carbocycles. The molecule has 1 heterocycles. The minimum Gasteiger partial charge on any atom is -0.426 e. The van der Waals surface area contributed by atoms with Crippen molar-refractivity contribution in [3.8, 4) is 6.07 Å². The van der Waals surface area contributed by atoms with E-state index in [2.05, 4.69) is 0 Å². The molecular weight excluding hydrogens is 372 g/mol. The van der Waals surface area contributed by atoms with Gasteiger partial charge in [0.15, 0.2) is 12.2 Å². The lowest BCUT2D eigenvalue weighted by molar-refractivity contribution is -0.239. The molecule has 3 rings (SSSR count). The van der Waals surface area contributed by atoms with Crippen molar-refractivity contribution in [3.63, 3.8) is 0 Å². The van der Waals surface area contributed by atoms with Gasteiger partial charge in [-0.05, 0) is 64.2 Å². The molecule has 29 heavy (non-hydrogen) atoms. The van der Waals surface area contributed by atoms with Crippen LogP contribution in [0.4, 0.5) is 0 Å². The van der Waals surface area contributed by atoms with Gasteiger partial charge >= 0.3 is 5.97 Å². The minimum absolute atomic E-state index is 0.127. The maximum Gasteiger partial charge on any atom is 0.331 e. The maximum atomic E-state index is 13.4. The average Bonchev–Trinajstić information content (AvgIpc) is 3.41. The molecule has 1 aliphatic heterocycles. The van der Waals surface area contributed by atoms with Crippen LogP contribution in [0.3, 0.4) is 0 Å². The summed E-state index contributed by atoms with van der Waals surface area (Å²) in [5.41, 5.74) is 1.67. The van der Waals surface area contributed by atoms with Gasteiger partial charge in [-0.2, -0.15) is 5.26 Å². The molecule has 1 amide bonds. The number of nitriles is 1. The molecule has 154 valence electrons. The van der Waals surface area contributed by atoms with Crippen molar-refractivity contribution in [2.24, 2.45) is 5.41 Å². The van der Waals surface area contributed by atoms with Gasteiger partial charge in [0, 0.05) is 7.11 Å². The van der Waals surface area contributed by atoms with Crippen LogP contribution in [-0.2, 0) is 23.9 Å². The Balaban J connectivity index is 2.16. The largest absolute Gasteiger partial charge is 0.426 e. The van der Waals surface area contributed by atoms with E-state index in [1.807, 2.05) is 39.0 Å². The van der Waals surface area contributed by atoms with Crippen LogP contribution >= 0.6 is 0 Å². The summed E-state index contributed by atoms with van der Waals surface area (Å²) >= 11 is 0. The quantitative estimate of drug-likeness (QED) is 0.539. The molecule has 7 heteroatoms. The van der Waals surface area contributed by atoms with Gasteiger partial charge in [0.25, 0.3) is 5.91 Å². The van der Waals surface area contributed by atoms with Gasteiger partial charge in [-0.1, -0.05) is 17.7 Å². The highest BCUT2D eigenvalue weighted by molar-refractivity contribution is 6.23. The number of nitrogens with zero attached hydrogens (tertiary/aromatic N) is 2. The SMILES string of the molecule is COCON1C(=O)C(c2c(C)cc(C)cc2C)=C(OC(=O)C2(C#N)CC2)C1(C)C. The molecule has 1 fully saturated rings. The Morgan fingerprint density at radius 3 is 2.28 bits per heavy atom. The summed E-state index contributed by atoms with van der Waals surface area (Å²) in [6.45, 7) is 9.16. The van der Waals surface area contributed by atoms with Crippen LogP contribution < -0.4 is 0 Å². The molecule has 0 aromatic heterocycles. The Morgan fingerprint density at radius 1 is 1.21 bits per heavy atom. The first-order valence-electron chi connectivity index (χ1n) is 9.52. The summed E-state index contributed by atoms with van der Waals surface area (Å²) in [4.78, 5) is 31.7. The lowest BCUT2D eigenvalue weighted by Gasteiger charge is -2.31. The molecule has 0 spiro atoms. The van der Waals surface area contributed by atoms with E-state index in [0.717, 1.165) is 16.7 Å². The zero-order chi connectivity index (χ0) is 21.6. The molecule has 0 N–H and O–H groups in total. The molecule has 1 saturated carbocycles. The number of carbonyl (C=O) groups excluding carboxylic acids is 2. The van der Waals surface area contributed by atoms with Crippen LogP contribution in [0.1, 0.15) is 48.9 Å². The van der Waals surface area contributed by atoms with E-state index in [9.17, 15) is 14.9 Å². The number of methoxy groups -OCH3 is 1. The zero-order valence-corrected chi connectivity index (χ0v) is 17.7. The van der Waals surface area contributed by atoms with Crippen LogP contribution in [0.25, 0.3) is 5.57 Å². The second-order valence-electron chi connectivity index (χ2n) is 8.26. The van der Waals surface area contributed by atoms with Gasteiger partial charge in [0.1, 0.15) is 11.3 Å². The van der Waals surface area contributed by atoms with Crippen molar-refractivity contribution in [2.75, 3.05) is 13.9 Å². The first kappa shape index (κ1) is 21.0. The highest BCUT2D eigenvalue weighted by atomic mass is 16.8. The van der Waals surface area contributed by atoms with E-state index >= 15 is 0 Å². The lowest BCUT2D eigenvalue weighted by Crippen LogP contribution is -2.44. The van der Waals surface area contributed by atoms with Crippen molar-refractivity contribution in [2.45, 2.75) is 53.0 Å². The monoisotopic (exact) mass is 398 g/mol. The van der Waals surface area contributed by atoms with E-state index in [-0.39, 0.29) is 18.1 Å². The summed E-state index contributed by atoms with van der Waals surface area (Å²) in [6, 6.07) is 6.00. The van der Waals surface area contributed by atoms with E-state index in [1.54, 1.807) is 13.8 Å². The van der Waals surface area contributed by atoms with Crippen LogP contribution in [0.15, 0.2) is 17.9 Å². The zero-order valence-electron chi connectivity index (χ0n) is 17.7. The Morgan fingerprint density at radius 2 is 1.79 bits per heavy atom. The van der Waals surface area contributed by atoms with Crippen molar-refractivity contribution in [1.29, 1.82) is 5.26 Å². The van der Waals surface area contributed by atoms with Crippen LogP contribution in [0, 0.1) is 37.5 Å². The molecule has 0 bridgehead atoms. The molecule has 0 saturated heterocycles. The van der Waals surface area contributed by atoms with E-state index in [1.165, 1.54) is 12.2 Å². The lowest BCUT2D eigenvalue weighted by atomic mass is 9.91. The summed E-state index contributed by atoms with van der Waals surface area (Å²) in [5.74, 6) is -0.837. The third-order valence-corrected chi connectivity index (χ3v) is 5.46. The highest BCUT2D eigenvalue weighted by Crippen LogP contribution is 2.49. The molecule has 1 aromatic rings. The standard InChI is InChI=1S/C22H26N2O5/c1-13-9-14(2)16(15(3)10-13)17-18(29-20(26)22(11-23)7-8-22)21(4,5)24(19(17)25)28-12-27-6/h9-10H,7-8,12H2,1-6H3. The number of esters is 1. The average molecular weight is 398 g/mol. The number of aryl methyl sites for hydroxylation is 3. The van der Waals surface area contributed by atoms with Crippen molar-refractivity contribution >= 4 is 17.4 Å². The molecule has 0 unspecified atom stereocenters.